The number of benzene rings is 2. The molecule has 80 valence electrons. The maximum Gasteiger partial charge on any atom is 0.234 e. The first kappa shape index (κ1) is 10.6. The maximum atomic E-state index is 9.94. The number of carbonyl (C=O) groups excluding carboxylic acids is 1. The minimum absolute atomic E-state index is 0.562. The zero-order valence-corrected chi connectivity index (χ0v) is 9.02. The number of fused-ring (bicyclic) bond motifs is 1. The Labute approximate surface area is 94.6 Å². The molecule has 0 aliphatic rings. The number of nitrogens with zero attached hydrogens (tertiary/aromatic N) is 1. The highest BCUT2D eigenvalue weighted by atomic mass is 16.1. The number of hydrogen-bond donors (Lipinski definition) is 0. The Kier molecular flexibility index (Phi) is 3.47. The van der Waals surface area contributed by atoms with Crippen molar-refractivity contribution >= 4 is 16.9 Å². The van der Waals surface area contributed by atoms with Gasteiger partial charge in [-0.1, -0.05) is 42.5 Å². The van der Waals surface area contributed by atoms with Crippen molar-refractivity contribution in [1.82, 2.24) is 0 Å². The van der Waals surface area contributed by atoms with Crippen LogP contribution in [0.15, 0.2) is 47.5 Å². The molecule has 0 aromatic heterocycles. The molecule has 0 saturated carbocycles. The second-order valence-electron chi connectivity index (χ2n) is 3.71. The van der Waals surface area contributed by atoms with E-state index in [1.807, 2.05) is 6.07 Å². The van der Waals surface area contributed by atoms with E-state index in [1.165, 1.54) is 16.3 Å². The molecule has 0 spiro atoms. The Morgan fingerprint density at radius 1 is 1.06 bits per heavy atom. The number of aliphatic imine (C=N–C) groups is 1. The van der Waals surface area contributed by atoms with Gasteiger partial charge in [-0.15, -0.1) is 0 Å². The van der Waals surface area contributed by atoms with Crippen molar-refractivity contribution < 1.29 is 4.79 Å². The second kappa shape index (κ2) is 5.24. The normalized spacial score (nSPS) is 10.0. The molecule has 0 unspecified atom stereocenters. The molecule has 0 aliphatic heterocycles. The van der Waals surface area contributed by atoms with Crippen LogP contribution in [0.5, 0.6) is 0 Å². The van der Waals surface area contributed by atoms with Gasteiger partial charge in [-0.25, -0.2) is 9.79 Å². The van der Waals surface area contributed by atoms with Crippen molar-refractivity contribution in [3.8, 4) is 0 Å². The van der Waals surface area contributed by atoms with E-state index in [1.54, 1.807) is 6.08 Å². The third-order valence-electron chi connectivity index (χ3n) is 2.66. The van der Waals surface area contributed by atoms with Gasteiger partial charge >= 0.3 is 0 Å². The van der Waals surface area contributed by atoms with E-state index < -0.39 is 0 Å². The van der Waals surface area contributed by atoms with Crippen molar-refractivity contribution in [1.29, 1.82) is 0 Å². The van der Waals surface area contributed by atoms with Gasteiger partial charge in [-0.2, -0.15) is 0 Å². The molecule has 0 saturated heterocycles. The molecule has 2 heteroatoms. The highest BCUT2D eigenvalue weighted by Gasteiger charge is 1.99. The van der Waals surface area contributed by atoms with Crippen LogP contribution in [0.1, 0.15) is 12.0 Å². The van der Waals surface area contributed by atoms with Crippen molar-refractivity contribution in [2.75, 3.05) is 6.54 Å². The molecule has 0 N–H and O–H groups in total. The molecule has 0 amide bonds. The molecule has 2 aromatic rings. The first-order chi connectivity index (χ1) is 7.92. The van der Waals surface area contributed by atoms with Crippen molar-refractivity contribution in [2.45, 2.75) is 12.8 Å². The predicted octanol–water partition coefficient (Wildman–Crippen LogP) is 3.11. The fourth-order valence-electron chi connectivity index (χ4n) is 1.90. The van der Waals surface area contributed by atoms with Gasteiger partial charge in [0.2, 0.25) is 6.08 Å². The lowest BCUT2D eigenvalue weighted by atomic mass is 10.0. The molecule has 0 bridgehead atoms. The molecule has 0 atom stereocenters. The average Bonchev–Trinajstić information content (AvgIpc) is 2.35. The smallest absolute Gasteiger partial charge is 0.211 e. The fourth-order valence-corrected chi connectivity index (χ4v) is 1.90. The first-order valence-corrected chi connectivity index (χ1v) is 5.42. The number of hydrogen-bond acceptors (Lipinski definition) is 2. The van der Waals surface area contributed by atoms with Crippen molar-refractivity contribution in [3.63, 3.8) is 0 Å². The lowest BCUT2D eigenvalue weighted by Crippen LogP contribution is -1.89. The van der Waals surface area contributed by atoms with Crippen molar-refractivity contribution in [3.05, 3.63) is 48.0 Å². The third-order valence-corrected chi connectivity index (χ3v) is 2.66. The van der Waals surface area contributed by atoms with Gasteiger partial charge in [0.1, 0.15) is 0 Å². The van der Waals surface area contributed by atoms with Gasteiger partial charge in [0.05, 0.1) is 6.54 Å². The minimum atomic E-state index is 0.562. The van der Waals surface area contributed by atoms with E-state index in [-0.39, 0.29) is 0 Å². The molecule has 0 radical (unpaired) electrons. The summed E-state index contributed by atoms with van der Waals surface area (Å²) in [6.07, 6.45) is 3.41. The van der Waals surface area contributed by atoms with E-state index in [0.717, 1.165) is 12.8 Å². The van der Waals surface area contributed by atoms with Crippen LogP contribution < -0.4 is 0 Å². The van der Waals surface area contributed by atoms with E-state index in [0.29, 0.717) is 6.54 Å². The highest BCUT2D eigenvalue weighted by Crippen LogP contribution is 2.19. The lowest BCUT2D eigenvalue weighted by molar-refractivity contribution is 0.562. The topological polar surface area (TPSA) is 29.4 Å². The quantitative estimate of drug-likeness (QED) is 0.434. The summed E-state index contributed by atoms with van der Waals surface area (Å²) >= 11 is 0. The van der Waals surface area contributed by atoms with Crippen LogP contribution in [0.2, 0.25) is 0 Å². The Balaban J connectivity index is 2.20. The molecule has 0 heterocycles. The van der Waals surface area contributed by atoms with Gasteiger partial charge in [0.15, 0.2) is 0 Å². The molecule has 16 heavy (non-hydrogen) atoms. The van der Waals surface area contributed by atoms with E-state index in [9.17, 15) is 4.79 Å². The van der Waals surface area contributed by atoms with Crippen LogP contribution in [0.25, 0.3) is 10.8 Å². The Bertz CT molecular complexity index is 522. The summed E-state index contributed by atoms with van der Waals surface area (Å²) in [7, 11) is 0. The van der Waals surface area contributed by atoms with Crippen LogP contribution in [-0.2, 0) is 11.2 Å². The zero-order valence-electron chi connectivity index (χ0n) is 9.02. The van der Waals surface area contributed by atoms with Gasteiger partial charge < -0.3 is 0 Å². The SMILES string of the molecule is O=C=NCCCc1cccc2ccccc12. The van der Waals surface area contributed by atoms with Gasteiger partial charge in [0, 0.05) is 0 Å². The second-order valence-corrected chi connectivity index (χ2v) is 3.71. The number of aryl methyl sites for hydroxylation is 1. The molecular weight excluding hydrogens is 198 g/mol. The van der Waals surface area contributed by atoms with Gasteiger partial charge in [-0.3, -0.25) is 0 Å². The van der Waals surface area contributed by atoms with E-state index in [4.69, 9.17) is 0 Å². The summed E-state index contributed by atoms with van der Waals surface area (Å²) in [5.74, 6) is 0. The van der Waals surface area contributed by atoms with Crippen LogP contribution >= 0.6 is 0 Å². The zero-order chi connectivity index (χ0) is 11.2. The van der Waals surface area contributed by atoms with Crippen LogP contribution in [-0.4, -0.2) is 12.6 Å². The molecular formula is C14H13NO. The standard InChI is InChI=1S/C14H13NO/c16-11-15-10-4-8-13-7-3-6-12-5-1-2-9-14(12)13/h1-3,5-7,9H,4,8,10H2. The highest BCUT2D eigenvalue weighted by molar-refractivity contribution is 5.85. The van der Waals surface area contributed by atoms with Crippen molar-refractivity contribution in [2.24, 2.45) is 4.99 Å². The van der Waals surface area contributed by atoms with E-state index in [2.05, 4.69) is 41.4 Å². The molecule has 0 fully saturated rings. The Morgan fingerprint density at radius 3 is 2.75 bits per heavy atom. The summed E-state index contributed by atoms with van der Waals surface area (Å²) in [4.78, 5) is 13.5. The van der Waals surface area contributed by atoms with Crippen LogP contribution in [0.4, 0.5) is 0 Å². The molecule has 2 rings (SSSR count). The average molecular weight is 211 g/mol. The Hall–Kier alpha value is -1.92. The third kappa shape index (κ3) is 2.36. The molecule has 2 aromatic carbocycles. The molecule has 2 nitrogen and oxygen atoms in total. The summed E-state index contributed by atoms with van der Waals surface area (Å²) in [6.45, 7) is 0.562. The lowest BCUT2D eigenvalue weighted by Gasteiger charge is -2.04. The van der Waals surface area contributed by atoms with Crippen LogP contribution in [0, 0.1) is 0 Å². The predicted molar refractivity (Wildman–Crippen MR) is 65.3 cm³/mol. The minimum Gasteiger partial charge on any atom is -0.211 e. The number of isocyanates is 1. The molecule has 0 aliphatic carbocycles. The number of rotatable bonds is 4. The summed E-state index contributed by atoms with van der Waals surface area (Å²) in [6, 6.07) is 14.7. The summed E-state index contributed by atoms with van der Waals surface area (Å²) < 4.78 is 0. The maximum absolute atomic E-state index is 9.94. The van der Waals surface area contributed by atoms with Gasteiger partial charge in [-0.05, 0) is 29.2 Å². The first-order valence-electron chi connectivity index (χ1n) is 5.42. The van der Waals surface area contributed by atoms with Gasteiger partial charge in [0.25, 0.3) is 0 Å². The van der Waals surface area contributed by atoms with Crippen LogP contribution in [0.3, 0.4) is 0 Å². The Morgan fingerprint density at radius 2 is 1.88 bits per heavy atom. The monoisotopic (exact) mass is 211 g/mol. The summed E-state index contributed by atoms with van der Waals surface area (Å²) in [5.41, 5.74) is 1.32. The van der Waals surface area contributed by atoms with E-state index >= 15 is 0 Å². The fraction of sp³-hybridized carbons (Fsp3) is 0.214. The summed E-state index contributed by atoms with van der Waals surface area (Å²) in [5, 5.41) is 2.55. The largest absolute Gasteiger partial charge is 0.234 e.